The van der Waals surface area contributed by atoms with Crippen molar-refractivity contribution in [1.82, 2.24) is 4.90 Å². The largest absolute Gasteiger partial charge is 0.303 e. The molecule has 0 radical (unpaired) electrons. The molecule has 1 atom stereocenters. The zero-order valence-corrected chi connectivity index (χ0v) is 17.2. The maximum Gasteiger partial charge on any atom is 0.000978 e. The summed E-state index contributed by atoms with van der Waals surface area (Å²) >= 11 is 0. The number of aryl methyl sites for hydroxylation is 3. The van der Waals surface area contributed by atoms with Crippen molar-refractivity contribution in [2.45, 2.75) is 45.4 Å². The smallest absolute Gasteiger partial charge is 0.000978 e. The van der Waals surface area contributed by atoms with Gasteiger partial charge in [0.2, 0.25) is 0 Å². The molecule has 0 aliphatic carbocycles. The van der Waals surface area contributed by atoms with Crippen molar-refractivity contribution < 1.29 is 0 Å². The Labute approximate surface area is 170 Å². The highest BCUT2D eigenvalue weighted by molar-refractivity contribution is 5.88. The van der Waals surface area contributed by atoms with Gasteiger partial charge in [-0.2, -0.15) is 0 Å². The Hall–Kier alpha value is -2.12. The van der Waals surface area contributed by atoms with E-state index >= 15 is 0 Å². The Balaban J connectivity index is 1.28. The van der Waals surface area contributed by atoms with Gasteiger partial charge in [0.05, 0.1) is 0 Å². The van der Waals surface area contributed by atoms with E-state index in [1.807, 2.05) is 0 Å². The van der Waals surface area contributed by atoms with Crippen molar-refractivity contribution in [1.29, 1.82) is 0 Å². The number of fused-ring (bicyclic) bond motifs is 1. The van der Waals surface area contributed by atoms with Gasteiger partial charge in [0.25, 0.3) is 0 Å². The summed E-state index contributed by atoms with van der Waals surface area (Å²) in [6, 6.07) is 24.5. The lowest BCUT2D eigenvalue weighted by Gasteiger charge is -2.33. The van der Waals surface area contributed by atoms with Gasteiger partial charge in [-0.3, -0.25) is 0 Å². The second-order valence-electron chi connectivity index (χ2n) is 8.52. The van der Waals surface area contributed by atoms with Crippen molar-refractivity contribution in [3.63, 3.8) is 0 Å². The molecule has 0 amide bonds. The van der Waals surface area contributed by atoms with Crippen LogP contribution in [0.15, 0.2) is 66.7 Å². The van der Waals surface area contributed by atoms with Crippen LogP contribution < -0.4 is 0 Å². The monoisotopic (exact) mass is 371 g/mol. The molecule has 0 aromatic heterocycles. The Morgan fingerprint density at radius 1 is 0.857 bits per heavy atom. The third-order valence-electron chi connectivity index (χ3n) is 6.44. The third kappa shape index (κ3) is 4.83. The molecule has 1 fully saturated rings. The first-order valence-corrected chi connectivity index (χ1v) is 11.0. The summed E-state index contributed by atoms with van der Waals surface area (Å²) in [7, 11) is 0. The van der Waals surface area contributed by atoms with Gasteiger partial charge in [-0.15, -0.1) is 0 Å². The fourth-order valence-corrected chi connectivity index (χ4v) is 4.83. The molecule has 3 aromatic rings. The summed E-state index contributed by atoms with van der Waals surface area (Å²) < 4.78 is 0. The predicted octanol–water partition coefficient (Wildman–Crippen LogP) is 6.43. The molecule has 1 nitrogen and oxygen atoms in total. The zero-order chi connectivity index (χ0) is 19.2. The Morgan fingerprint density at radius 3 is 2.50 bits per heavy atom. The quantitative estimate of drug-likeness (QED) is 0.463. The Kier molecular flexibility index (Phi) is 6.44. The molecule has 1 unspecified atom stereocenters. The standard InChI is InChI=1S/C27H33N/c1-22-15-18-25(27-14-6-5-13-26(22)27)12-8-20-28-19-7-11-24(21-28)17-16-23-9-3-2-4-10-23/h2-6,9-10,13-15,18,24H,7-8,11-12,16-17,19-21H2,1H3. The van der Waals surface area contributed by atoms with Crippen LogP contribution in [0.4, 0.5) is 0 Å². The van der Waals surface area contributed by atoms with Crippen LogP contribution in [0.3, 0.4) is 0 Å². The molecule has 1 aliphatic rings. The van der Waals surface area contributed by atoms with E-state index in [2.05, 4.69) is 78.6 Å². The fourth-order valence-electron chi connectivity index (χ4n) is 4.83. The van der Waals surface area contributed by atoms with Crippen LogP contribution in [0, 0.1) is 12.8 Å². The molecule has 1 heteroatoms. The highest BCUT2D eigenvalue weighted by atomic mass is 15.1. The van der Waals surface area contributed by atoms with Gasteiger partial charge < -0.3 is 4.90 Å². The minimum atomic E-state index is 0.870. The van der Waals surface area contributed by atoms with Crippen LogP contribution in [0.1, 0.15) is 42.4 Å². The topological polar surface area (TPSA) is 3.24 Å². The van der Waals surface area contributed by atoms with Crippen molar-refractivity contribution in [3.05, 3.63) is 83.4 Å². The number of nitrogens with zero attached hydrogens (tertiary/aromatic N) is 1. The Bertz CT molecular complexity index is 883. The van der Waals surface area contributed by atoms with Gasteiger partial charge in [0.15, 0.2) is 0 Å². The van der Waals surface area contributed by atoms with Crippen molar-refractivity contribution >= 4 is 10.8 Å². The lowest BCUT2D eigenvalue weighted by atomic mass is 9.91. The highest BCUT2D eigenvalue weighted by Crippen LogP contribution is 2.25. The van der Waals surface area contributed by atoms with E-state index in [4.69, 9.17) is 0 Å². The van der Waals surface area contributed by atoms with E-state index in [0.29, 0.717) is 0 Å². The normalized spacial score (nSPS) is 17.8. The van der Waals surface area contributed by atoms with Crippen molar-refractivity contribution in [2.24, 2.45) is 5.92 Å². The molecular weight excluding hydrogens is 338 g/mol. The molecule has 3 aromatic carbocycles. The number of piperidine rings is 1. The SMILES string of the molecule is Cc1ccc(CCCN2CCCC(CCc3ccccc3)C2)c2ccccc12. The predicted molar refractivity (Wildman–Crippen MR) is 121 cm³/mol. The number of hydrogen-bond acceptors (Lipinski definition) is 1. The van der Waals surface area contributed by atoms with Gasteiger partial charge in [0, 0.05) is 6.54 Å². The summed E-state index contributed by atoms with van der Waals surface area (Å²) in [6.45, 7) is 6.04. The summed E-state index contributed by atoms with van der Waals surface area (Å²) in [5.74, 6) is 0.870. The maximum atomic E-state index is 2.72. The highest BCUT2D eigenvalue weighted by Gasteiger charge is 2.19. The molecule has 1 saturated heterocycles. The van der Waals surface area contributed by atoms with Crippen molar-refractivity contribution in [3.8, 4) is 0 Å². The molecule has 0 N–H and O–H groups in total. The first-order chi connectivity index (χ1) is 13.8. The number of benzene rings is 3. The summed E-state index contributed by atoms with van der Waals surface area (Å²) in [4.78, 5) is 2.72. The molecule has 0 bridgehead atoms. The van der Waals surface area contributed by atoms with Gasteiger partial charge >= 0.3 is 0 Å². The molecule has 1 aliphatic heterocycles. The van der Waals surface area contributed by atoms with Crippen LogP contribution in [0.5, 0.6) is 0 Å². The maximum absolute atomic E-state index is 2.72. The van der Waals surface area contributed by atoms with Crippen LogP contribution >= 0.6 is 0 Å². The number of rotatable bonds is 7. The number of hydrogen-bond donors (Lipinski definition) is 0. The average molecular weight is 372 g/mol. The van der Waals surface area contributed by atoms with E-state index < -0.39 is 0 Å². The minimum absolute atomic E-state index is 0.870. The molecule has 28 heavy (non-hydrogen) atoms. The molecule has 0 saturated carbocycles. The molecular formula is C27H33N. The minimum Gasteiger partial charge on any atom is -0.303 e. The Morgan fingerprint density at radius 2 is 1.64 bits per heavy atom. The third-order valence-corrected chi connectivity index (χ3v) is 6.44. The first-order valence-electron chi connectivity index (χ1n) is 11.0. The molecule has 146 valence electrons. The van der Waals surface area contributed by atoms with Crippen LogP contribution in [0.2, 0.25) is 0 Å². The molecule has 0 spiro atoms. The fraction of sp³-hybridized carbons (Fsp3) is 0.407. The second-order valence-corrected chi connectivity index (χ2v) is 8.52. The molecule has 4 rings (SSSR count). The van der Waals surface area contributed by atoms with E-state index in [0.717, 1.165) is 5.92 Å². The van der Waals surface area contributed by atoms with E-state index in [-0.39, 0.29) is 0 Å². The van der Waals surface area contributed by atoms with E-state index in [1.54, 1.807) is 0 Å². The second kappa shape index (κ2) is 9.39. The zero-order valence-electron chi connectivity index (χ0n) is 17.2. The van der Waals surface area contributed by atoms with Crippen LogP contribution in [-0.2, 0) is 12.8 Å². The lowest BCUT2D eigenvalue weighted by Crippen LogP contribution is -2.36. The summed E-state index contributed by atoms with van der Waals surface area (Å²) in [5.41, 5.74) is 4.39. The van der Waals surface area contributed by atoms with E-state index in [1.165, 1.54) is 85.6 Å². The van der Waals surface area contributed by atoms with Crippen LogP contribution in [-0.4, -0.2) is 24.5 Å². The van der Waals surface area contributed by atoms with Gasteiger partial charge in [-0.1, -0.05) is 66.7 Å². The summed E-state index contributed by atoms with van der Waals surface area (Å²) in [5, 5.41) is 2.86. The average Bonchev–Trinajstić information content (AvgIpc) is 2.75. The van der Waals surface area contributed by atoms with Gasteiger partial charge in [-0.05, 0) is 91.9 Å². The van der Waals surface area contributed by atoms with Gasteiger partial charge in [-0.25, -0.2) is 0 Å². The van der Waals surface area contributed by atoms with Gasteiger partial charge in [0.1, 0.15) is 0 Å². The number of likely N-dealkylation sites (tertiary alicyclic amines) is 1. The lowest BCUT2D eigenvalue weighted by molar-refractivity contribution is 0.167. The molecule has 1 heterocycles. The first kappa shape index (κ1) is 19.2. The van der Waals surface area contributed by atoms with Crippen LogP contribution in [0.25, 0.3) is 10.8 Å². The summed E-state index contributed by atoms with van der Waals surface area (Å²) in [6.07, 6.45) is 7.79. The van der Waals surface area contributed by atoms with Crippen molar-refractivity contribution in [2.75, 3.05) is 19.6 Å². The van der Waals surface area contributed by atoms with E-state index in [9.17, 15) is 0 Å².